The van der Waals surface area contributed by atoms with Crippen molar-refractivity contribution in [3.63, 3.8) is 0 Å². The van der Waals surface area contributed by atoms with E-state index in [4.69, 9.17) is 19.2 Å². The molecule has 1 unspecified atom stereocenters. The van der Waals surface area contributed by atoms with Crippen LogP contribution < -0.4 is 20.1 Å². The molecule has 164 valence electrons. The standard InChI is InChI=1S/C21H32N6O3/c1-5-22-21(23-12-15-7-9-17(29-4)18(11-15)30-6-2)24-16-8-10-20-25-19(14-28-3)26-27(20)13-16/h7,9,11,16H,5-6,8,10,12-14H2,1-4H3,(H2,22,23,24). The summed E-state index contributed by atoms with van der Waals surface area (Å²) < 4.78 is 18.1. The third-order valence-electron chi connectivity index (χ3n) is 4.81. The molecule has 0 radical (unpaired) electrons. The second-order valence-electron chi connectivity index (χ2n) is 7.05. The van der Waals surface area contributed by atoms with Crippen LogP contribution in [0.3, 0.4) is 0 Å². The van der Waals surface area contributed by atoms with E-state index in [9.17, 15) is 0 Å². The first-order chi connectivity index (χ1) is 14.7. The van der Waals surface area contributed by atoms with E-state index in [1.54, 1.807) is 14.2 Å². The highest BCUT2D eigenvalue weighted by Gasteiger charge is 2.22. The van der Waals surface area contributed by atoms with Gasteiger partial charge in [-0.1, -0.05) is 6.07 Å². The number of guanidine groups is 1. The maximum atomic E-state index is 5.67. The first-order valence-electron chi connectivity index (χ1n) is 10.4. The maximum absolute atomic E-state index is 5.67. The van der Waals surface area contributed by atoms with Crippen molar-refractivity contribution >= 4 is 5.96 Å². The molecule has 2 heterocycles. The summed E-state index contributed by atoms with van der Waals surface area (Å²) in [4.78, 5) is 9.29. The van der Waals surface area contributed by atoms with Crippen molar-refractivity contribution in [1.29, 1.82) is 0 Å². The van der Waals surface area contributed by atoms with Gasteiger partial charge in [0.2, 0.25) is 0 Å². The number of nitrogens with zero attached hydrogens (tertiary/aromatic N) is 4. The Hall–Kier alpha value is -2.81. The van der Waals surface area contributed by atoms with Gasteiger partial charge in [0.05, 0.1) is 26.8 Å². The molecule has 0 spiro atoms. The van der Waals surface area contributed by atoms with Crippen LogP contribution in [-0.4, -0.2) is 54.1 Å². The molecule has 1 aliphatic heterocycles. The fourth-order valence-electron chi connectivity index (χ4n) is 3.44. The number of nitrogens with one attached hydrogen (secondary N) is 2. The summed E-state index contributed by atoms with van der Waals surface area (Å²) in [7, 11) is 3.30. The number of benzene rings is 1. The van der Waals surface area contributed by atoms with Gasteiger partial charge in [-0.05, 0) is 38.0 Å². The van der Waals surface area contributed by atoms with Crippen LogP contribution in [0.2, 0.25) is 0 Å². The van der Waals surface area contributed by atoms with Crippen LogP contribution in [0.5, 0.6) is 11.5 Å². The van der Waals surface area contributed by atoms with E-state index in [0.717, 1.165) is 60.6 Å². The minimum atomic E-state index is 0.238. The Labute approximate surface area is 177 Å². The van der Waals surface area contributed by atoms with E-state index in [0.29, 0.717) is 19.8 Å². The summed E-state index contributed by atoms with van der Waals surface area (Å²) in [5.74, 6) is 4.01. The average Bonchev–Trinajstić information content (AvgIpc) is 3.14. The van der Waals surface area contributed by atoms with Crippen molar-refractivity contribution < 1.29 is 14.2 Å². The largest absolute Gasteiger partial charge is 0.493 e. The van der Waals surface area contributed by atoms with Gasteiger partial charge in [-0.3, -0.25) is 0 Å². The van der Waals surface area contributed by atoms with E-state index in [2.05, 4.69) is 27.6 Å². The summed E-state index contributed by atoms with van der Waals surface area (Å²) in [6.45, 7) is 7.13. The number of hydrogen-bond acceptors (Lipinski definition) is 6. The number of methoxy groups -OCH3 is 2. The number of rotatable bonds is 9. The van der Waals surface area contributed by atoms with Gasteiger partial charge in [0.25, 0.3) is 0 Å². The average molecular weight is 417 g/mol. The highest BCUT2D eigenvalue weighted by atomic mass is 16.5. The fraction of sp³-hybridized carbons (Fsp3) is 0.571. The molecule has 2 aromatic rings. The zero-order chi connectivity index (χ0) is 21.3. The van der Waals surface area contributed by atoms with Crippen LogP contribution in [-0.2, 0) is 30.9 Å². The van der Waals surface area contributed by atoms with Crippen LogP contribution in [0.25, 0.3) is 0 Å². The van der Waals surface area contributed by atoms with Crippen LogP contribution in [0.1, 0.15) is 37.5 Å². The van der Waals surface area contributed by atoms with Crippen molar-refractivity contribution in [1.82, 2.24) is 25.4 Å². The van der Waals surface area contributed by atoms with Crippen molar-refractivity contribution in [2.75, 3.05) is 27.4 Å². The molecular formula is C21H32N6O3. The molecule has 0 fully saturated rings. The Balaban J connectivity index is 1.65. The molecule has 0 amide bonds. The second kappa shape index (κ2) is 10.8. The molecule has 2 N–H and O–H groups in total. The van der Waals surface area contributed by atoms with Gasteiger partial charge in [0.1, 0.15) is 12.4 Å². The lowest BCUT2D eigenvalue weighted by Gasteiger charge is -2.25. The third-order valence-corrected chi connectivity index (χ3v) is 4.81. The quantitative estimate of drug-likeness (QED) is 0.476. The minimum absolute atomic E-state index is 0.238. The van der Waals surface area contributed by atoms with E-state index in [1.165, 1.54) is 0 Å². The second-order valence-corrected chi connectivity index (χ2v) is 7.05. The molecule has 0 saturated heterocycles. The van der Waals surface area contributed by atoms with E-state index < -0.39 is 0 Å². The molecule has 3 rings (SSSR count). The predicted molar refractivity (Wildman–Crippen MR) is 115 cm³/mol. The molecule has 9 nitrogen and oxygen atoms in total. The van der Waals surface area contributed by atoms with Gasteiger partial charge in [0.15, 0.2) is 23.3 Å². The summed E-state index contributed by atoms with van der Waals surface area (Å²) in [5, 5.41) is 11.4. The zero-order valence-corrected chi connectivity index (χ0v) is 18.3. The van der Waals surface area contributed by atoms with E-state index in [1.807, 2.05) is 29.8 Å². The van der Waals surface area contributed by atoms with Crippen LogP contribution >= 0.6 is 0 Å². The molecule has 1 aliphatic rings. The number of fused-ring (bicyclic) bond motifs is 1. The van der Waals surface area contributed by atoms with Crippen molar-refractivity contribution in [3.8, 4) is 11.5 Å². The Morgan fingerprint density at radius 1 is 1.27 bits per heavy atom. The third kappa shape index (κ3) is 5.63. The Kier molecular flexibility index (Phi) is 7.89. The smallest absolute Gasteiger partial charge is 0.191 e. The number of ether oxygens (including phenoxy) is 3. The summed E-state index contributed by atoms with van der Waals surface area (Å²) >= 11 is 0. The lowest BCUT2D eigenvalue weighted by Crippen LogP contribution is -2.47. The van der Waals surface area contributed by atoms with Gasteiger partial charge in [0, 0.05) is 26.1 Å². The monoisotopic (exact) mass is 416 g/mol. The highest BCUT2D eigenvalue weighted by Crippen LogP contribution is 2.28. The molecule has 0 aliphatic carbocycles. The molecular weight excluding hydrogens is 384 g/mol. The summed E-state index contributed by atoms with van der Waals surface area (Å²) in [6.07, 6.45) is 1.86. The van der Waals surface area contributed by atoms with Gasteiger partial charge in [-0.25, -0.2) is 14.7 Å². The molecule has 9 heteroatoms. The summed E-state index contributed by atoms with van der Waals surface area (Å²) in [5.41, 5.74) is 1.06. The Morgan fingerprint density at radius 3 is 2.87 bits per heavy atom. The van der Waals surface area contributed by atoms with Gasteiger partial charge >= 0.3 is 0 Å². The lowest BCUT2D eigenvalue weighted by molar-refractivity contribution is 0.177. The number of aryl methyl sites for hydroxylation is 1. The molecule has 1 aromatic heterocycles. The molecule has 1 aromatic carbocycles. The predicted octanol–water partition coefficient (Wildman–Crippen LogP) is 1.90. The number of hydrogen-bond donors (Lipinski definition) is 2. The molecule has 0 saturated carbocycles. The summed E-state index contributed by atoms with van der Waals surface area (Å²) in [6, 6.07) is 6.15. The van der Waals surface area contributed by atoms with Crippen LogP contribution in [0, 0.1) is 0 Å². The molecule has 0 bridgehead atoms. The fourth-order valence-corrected chi connectivity index (χ4v) is 3.44. The lowest BCUT2D eigenvalue weighted by atomic mass is 10.1. The first kappa shape index (κ1) is 21.9. The molecule has 30 heavy (non-hydrogen) atoms. The topological polar surface area (TPSA) is 94.8 Å². The first-order valence-corrected chi connectivity index (χ1v) is 10.4. The van der Waals surface area contributed by atoms with Crippen LogP contribution in [0.4, 0.5) is 0 Å². The highest BCUT2D eigenvalue weighted by molar-refractivity contribution is 5.80. The van der Waals surface area contributed by atoms with Gasteiger partial charge < -0.3 is 24.8 Å². The number of aromatic nitrogens is 3. The van der Waals surface area contributed by atoms with Crippen molar-refractivity contribution in [2.45, 2.75) is 52.4 Å². The SMILES string of the molecule is CCNC(=NCc1ccc(OC)c(OCC)c1)NC1CCc2nc(COC)nn2C1. The minimum Gasteiger partial charge on any atom is -0.493 e. The van der Waals surface area contributed by atoms with E-state index in [-0.39, 0.29) is 6.04 Å². The van der Waals surface area contributed by atoms with Gasteiger partial charge in [-0.2, -0.15) is 5.10 Å². The Bertz CT molecular complexity index is 851. The zero-order valence-electron chi connectivity index (χ0n) is 18.3. The van der Waals surface area contributed by atoms with Crippen molar-refractivity contribution in [3.05, 3.63) is 35.4 Å². The van der Waals surface area contributed by atoms with Crippen LogP contribution in [0.15, 0.2) is 23.2 Å². The van der Waals surface area contributed by atoms with Crippen molar-refractivity contribution in [2.24, 2.45) is 4.99 Å². The van der Waals surface area contributed by atoms with E-state index >= 15 is 0 Å². The normalized spacial score (nSPS) is 16.1. The number of aliphatic imine (C=N–C) groups is 1. The molecule has 1 atom stereocenters. The Morgan fingerprint density at radius 2 is 2.13 bits per heavy atom. The maximum Gasteiger partial charge on any atom is 0.191 e. The van der Waals surface area contributed by atoms with Gasteiger partial charge in [-0.15, -0.1) is 0 Å².